The van der Waals surface area contributed by atoms with Gasteiger partial charge in [0.15, 0.2) is 5.60 Å². The van der Waals surface area contributed by atoms with Gasteiger partial charge in [-0.25, -0.2) is 0 Å². The molecule has 0 aromatic heterocycles. The third kappa shape index (κ3) is 7.04. The number of benzene rings is 3. The minimum atomic E-state index is -1.09. The van der Waals surface area contributed by atoms with Crippen molar-refractivity contribution in [2.75, 3.05) is 20.8 Å². The predicted molar refractivity (Wildman–Crippen MR) is 146 cm³/mol. The molecule has 7 heteroatoms. The summed E-state index contributed by atoms with van der Waals surface area (Å²) in [6.45, 7) is 8.38. The van der Waals surface area contributed by atoms with E-state index in [2.05, 4.69) is 6.07 Å². The standard InChI is InChI=1S/C30H34ClNO5/c1-7-32(29(34)30(3,4)37-24-12-10-23(31)11-13-24)19-22-16-20(2)8-14-25(22)26-17-21(18-28(33)36-6)9-15-27(26)35-5/h8-17H,7,18-19H2,1-6H3. The maximum Gasteiger partial charge on any atom is 0.309 e. The number of nitrogens with zero attached hydrogens (tertiary/aromatic N) is 1. The van der Waals surface area contributed by atoms with Gasteiger partial charge in [-0.2, -0.15) is 0 Å². The molecule has 0 aliphatic heterocycles. The summed E-state index contributed by atoms with van der Waals surface area (Å²) < 4.78 is 16.6. The van der Waals surface area contributed by atoms with Crippen LogP contribution in [-0.4, -0.2) is 43.1 Å². The second-order valence-electron chi connectivity index (χ2n) is 9.33. The normalized spacial score (nSPS) is 11.1. The van der Waals surface area contributed by atoms with Crippen LogP contribution >= 0.6 is 11.6 Å². The topological polar surface area (TPSA) is 65.1 Å². The van der Waals surface area contributed by atoms with E-state index >= 15 is 0 Å². The number of methoxy groups -OCH3 is 2. The van der Waals surface area contributed by atoms with E-state index in [4.69, 9.17) is 25.8 Å². The van der Waals surface area contributed by atoms with Gasteiger partial charge in [-0.3, -0.25) is 9.59 Å². The summed E-state index contributed by atoms with van der Waals surface area (Å²) in [5, 5.41) is 0.602. The molecule has 0 bridgehead atoms. The Labute approximate surface area is 224 Å². The maximum atomic E-state index is 13.6. The lowest BCUT2D eigenvalue weighted by atomic mass is 9.94. The van der Waals surface area contributed by atoms with Crippen LogP contribution in [0.25, 0.3) is 11.1 Å². The summed E-state index contributed by atoms with van der Waals surface area (Å²) in [6.07, 6.45) is 0.157. The van der Waals surface area contributed by atoms with Crippen molar-refractivity contribution in [2.45, 2.75) is 46.3 Å². The van der Waals surface area contributed by atoms with Crippen LogP contribution in [0.5, 0.6) is 11.5 Å². The maximum absolute atomic E-state index is 13.6. The van der Waals surface area contributed by atoms with Gasteiger partial charge in [0.05, 0.1) is 20.6 Å². The second kappa shape index (κ2) is 12.2. The predicted octanol–water partition coefficient (Wildman–Crippen LogP) is 6.25. The molecule has 0 unspecified atom stereocenters. The summed E-state index contributed by atoms with van der Waals surface area (Å²) in [5.41, 5.74) is 3.53. The molecule has 1 amide bonds. The Bertz CT molecular complexity index is 1250. The molecule has 0 heterocycles. The first kappa shape index (κ1) is 28.1. The minimum absolute atomic E-state index is 0.135. The van der Waals surface area contributed by atoms with Crippen molar-refractivity contribution in [2.24, 2.45) is 0 Å². The van der Waals surface area contributed by atoms with Gasteiger partial charge in [0, 0.05) is 23.7 Å². The van der Waals surface area contributed by atoms with Gasteiger partial charge < -0.3 is 19.1 Å². The van der Waals surface area contributed by atoms with Crippen molar-refractivity contribution >= 4 is 23.5 Å². The fourth-order valence-corrected chi connectivity index (χ4v) is 4.31. The molecule has 0 aliphatic rings. The highest BCUT2D eigenvalue weighted by atomic mass is 35.5. The molecular weight excluding hydrogens is 490 g/mol. The Morgan fingerprint density at radius 2 is 1.65 bits per heavy atom. The van der Waals surface area contributed by atoms with Crippen molar-refractivity contribution in [1.82, 2.24) is 4.90 Å². The van der Waals surface area contributed by atoms with E-state index < -0.39 is 5.60 Å². The van der Waals surface area contributed by atoms with Crippen LogP contribution in [0.1, 0.15) is 37.5 Å². The van der Waals surface area contributed by atoms with E-state index in [1.165, 1.54) is 7.11 Å². The molecule has 0 aliphatic carbocycles. The third-order valence-corrected chi connectivity index (χ3v) is 6.37. The van der Waals surface area contributed by atoms with Crippen molar-refractivity contribution in [3.05, 3.63) is 82.4 Å². The zero-order chi connectivity index (χ0) is 27.2. The van der Waals surface area contributed by atoms with Crippen LogP contribution in [0.2, 0.25) is 5.02 Å². The summed E-state index contributed by atoms with van der Waals surface area (Å²) in [4.78, 5) is 27.3. The number of likely N-dealkylation sites (N-methyl/N-ethyl adjacent to an activating group) is 1. The van der Waals surface area contributed by atoms with Crippen molar-refractivity contribution in [3.63, 3.8) is 0 Å². The summed E-state index contributed by atoms with van der Waals surface area (Å²) in [7, 11) is 2.99. The van der Waals surface area contributed by atoms with E-state index in [0.29, 0.717) is 29.6 Å². The largest absolute Gasteiger partial charge is 0.496 e. The number of carbonyl (C=O) groups excluding carboxylic acids is 2. The molecule has 0 fully saturated rings. The lowest BCUT2D eigenvalue weighted by Gasteiger charge is -2.32. The molecule has 0 saturated carbocycles. The molecule has 0 radical (unpaired) electrons. The smallest absolute Gasteiger partial charge is 0.309 e. The Morgan fingerprint density at radius 3 is 2.27 bits per heavy atom. The molecule has 3 rings (SSSR count). The first-order chi connectivity index (χ1) is 17.6. The molecule has 0 spiro atoms. The van der Waals surface area contributed by atoms with E-state index in [0.717, 1.165) is 27.8 Å². The molecule has 0 N–H and O–H groups in total. The Morgan fingerprint density at radius 1 is 0.946 bits per heavy atom. The number of esters is 1. The van der Waals surface area contributed by atoms with Crippen LogP contribution in [0.3, 0.4) is 0 Å². The monoisotopic (exact) mass is 523 g/mol. The van der Waals surface area contributed by atoms with Crippen molar-refractivity contribution < 1.29 is 23.8 Å². The molecule has 3 aromatic carbocycles. The van der Waals surface area contributed by atoms with Gasteiger partial charge in [-0.1, -0.05) is 41.4 Å². The molecule has 0 saturated heterocycles. The average molecular weight is 524 g/mol. The first-order valence-electron chi connectivity index (χ1n) is 12.2. The Balaban J connectivity index is 1.95. The van der Waals surface area contributed by atoms with Gasteiger partial charge in [-0.15, -0.1) is 0 Å². The Hall–Kier alpha value is -3.51. The van der Waals surface area contributed by atoms with Crippen molar-refractivity contribution in [3.8, 4) is 22.6 Å². The fourth-order valence-electron chi connectivity index (χ4n) is 4.19. The Kier molecular flexibility index (Phi) is 9.22. The highest BCUT2D eigenvalue weighted by Crippen LogP contribution is 2.35. The van der Waals surface area contributed by atoms with E-state index in [1.54, 1.807) is 50.1 Å². The number of aryl methyl sites for hydroxylation is 1. The molecule has 37 heavy (non-hydrogen) atoms. The third-order valence-electron chi connectivity index (χ3n) is 6.12. The van der Waals surface area contributed by atoms with Gasteiger partial charge in [0.25, 0.3) is 5.91 Å². The molecular formula is C30H34ClNO5. The zero-order valence-corrected chi connectivity index (χ0v) is 23.0. The molecule has 3 aromatic rings. The van der Waals surface area contributed by atoms with Crippen LogP contribution in [0.15, 0.2) is 60.7 Å². The average Bonchev–Trinajstić information content (AvgIpc) is 2.88. The second-order valence-corrected chi connectivity index (χ2v) is 9.77. The van der Waals surface area contributed by atoms with Crippen LogP contribution < -0.4 is 9.47 Å². The highest BCUT2D eigenvalue weighted by Gasteiger charge is 2.34. The fraction of sp³-hybridized carbons (Fsp3) is 0.333. The van der Waals surface area contributed by atoms with Crippen LogP contribution in [0.4, 0.5) is 0 Å². The number of rotatable bonds is 10. The number of amides is 1. The summed E-state index contributed by atoms with van der Waals surface area (Å²) in [6, 6.07) is 18.7. The van der Waals surface area contributed by atoms with E-state index in [-0.39, 0.29) is 18.3 Å². The lowest BCUT2D eigenvalue weighted by molar-refractivity contribution is -0.146. The molecule has 0 atom stereocenters. The zero-order valence-electron chi connectivity index (χ0n) is 22.3. The summed E-state index contributed by atoms with van der Waals surface area (Å²) >= 11 is 5.99. The quantitative estimate of drug-likeness (QED) is 0.294. The highest BCUT2D eigenvalue weighted by molar-refractivity contribution is 6.30. The van der Waals surface area contributed by atoms with Gasteiger partial charge in [-0.05, 0) is 80.8 Å². The van der Waals surface area contributed by atoms with Crippen molar-refractivity contribution in [1.29, 1.82) is 0 Å². The SMILES string of the molecule is CCN(Cc1cc(C)ccc1-c1cc(CC(=O)OC)ccc1OC)C(=O)C(C)(C)Oc1ccc(Cl)cc1. The summed E-state index contributed by atoms with van der Waals surface area (Å²) in [5.74, 6) is 0.802. The van der Waals surface area contributed by atoms with E-state index in [9.17, 15) is 9.59 Å². The number of ether oxygens (including phenoxy) is 3. The van der Waals surface area contributed by atoms with Gasteiger partial charge in [0.2, 0.25) is 0 Å². The molecule has 6 nitrogen and oxygen atoms in total. The van der Waals surface area contributed by atoms with E-state index in [1.807, 2.05) is 44.2 Å². The van der Waals surface area contributed by atoms with Gasteiger partial charge in [0.1, 0.15) is 11.5 Å². The number of hydrogen-bond acceptors (Lipinski definition) is 5. The van der Waals surface area contributed by atoms with Crippen LogP contribution in [0, 0.1) is 6.92 Å². The van der Waals surface area contributed by atoms with Gasteiger partial charge >= 0.3 is 5.97 Å². The minimum Gasteiger partial charge on any atom is -0.496 e. The lowest BCUT2D eigenvalue weighted by Crippen LogP contribution is -2.48. The van der Waals surface area contributed by atoms with Crippen LogP contribution in [-0.2, 0) is 27.3 Å². The molecule has 196 valence electrons. The number of halogens is 1. The number of hydrogen-bond donors (Lipinski definition) is 0. The number of carbonyl (C=O) groups is 2. The first-order valence-corrected chi connectivity index (χ1v) is 12.5.